The van der Waals surface area contributed by atoms with Crippen LogP contribution in [0.2, 0.25) is 0 Å². The molecule has 4 N–H and O–H groups in total. The van der Waals surface area contributed by atoms with E-state index in [0.717, 1.165) is 19.3 Å². The Balaban J connectivity index is 2.30. The highest BCUT2D eigenvalue weighted by molar-refractivity contribution is 5.70. The molecule has 0 saturated carbocycles. The van der Waals surface area contributed by atoms with E-state index in [4.69, 9.17) is 18.9 Å². The van der Waals surface area contributed by atoms with Crippen LogP contribution in [0.3, 0.4) is 0 Å². The van der Waals surface area contributed by atoms with Crippen molar-refractivity contribution in [2.24, 2.45) is 0 Å². The maximum atomic E-state index is 12.4. The van der Waals surface area contributed by atoms with Gasteiger partial charge in [-0.05, 0) is 12.8 Å². The van der Waals surface area contributed by atoms with Gasteiger partial charge in [0.05, 0.1) is 13.2 Å². The van der Waals surface area contributed by atoms with Crippen molar-refractivity contribution in [2.75, 3.05) is 19.8 Å². The monoisotopic (exact) mass is 576 g/mol. The van der Waals surface area contributed by atoms with Gasteiger partial charge in [0, 0.05) is 12.8 Å². The molecule has 0 amide bonds. The first-order chi connectivity index (χ1) is 19.3. The van der Waals surface area contributed by atoms with Crippen LogP contribution in [-0.4, -0.2) is 89.0 Å². The van der Waals surface area contributed by atoms with Crippen LogP contribution in [0, 0.1) is 0 Å². The van der Waals surface area contributed by atoms with Gasteiger partial charge < -0.3 is 39.4 Å². The minimum atomic E-state index is -1.58. The molecule has 40 heavy (non-hydrogen) atoms. The third kappa shape index (κ3) is 16.2. The SMILES string of the molecule is CCCCCCCCCCCCCCCCC(=O)OC(COC(=O)CCC)COC1OC(CO)C(O)C(O)C1O. The van der Waals surface area contributed by atoms with Gasteiger partial charge in [-0.15, -0.1) is 0 Å². The van der Waals surface area contributed by atoms with E-state index in [0.29, 0.717) is 12.8 Å². The van der Waals surface area contributed by atoms with E-state index < -0.39 is 55.4 Å². The summed E-state index contributed by atoms with van der Waals surface area (Å²) in [6.45, 7) is 3.01. The number of hydrogen-bond acceptors (Lipinski definition) is 10. The van der Waals surface area contributed by atoms with Gasteiger partial charge in [-0.1, -0.05) is 97.3 Å². The van der Waals surface area contributed by atoms with E-state index >= 15 is 0 Å². The molecule has 1 aliphatic rings. The number of esters is 2. The molecular weight excluding hydrogens is 520 g/mol. The molecule has 1 fully saturated rings. The summed E-state index contributed by atoms with van der Waals surface area (Å²) in [4.78, 5) is 24.3. The van der Waals surface area contributed by atoms with Crippen LogP contribution < -0.4 is 0 Å². The summed E-state index contributed by atoms with van der Waals surface area (Å²) in [5.41, 5.74) is 0. The number of ether oxygens (including phenoxy) is 4. The second kappa shape index (κ2) is 23.3. The number of hydrogen-bond donors (Lipinski definition) is 4. The van der Waals surface area contributed by atoms with E-state index in [1.54, 1.807) is 0 Å². The van der Waals surface area contributed by atoms with Crippen molar-refractivity contribution in [3.8, 4) is 0 Å². The molecule has 0 spiro atoms. The maximum Gasteiger partial charge on any atom is 0.306 e. The fourth-order valence-corrected chi connectivity index (χ4v) is 4.69. The summed E-state index contributed by atoms with van der Waals surface area (Å²) in [6, 6.07) is 0. The zero-order chi connectivity index (χ0) is 29.6. The van der Waals surface area contributed by atoms with Gasteiger partial charge in [0.2, 0.25) is 0 Å². The number of unbranched alkanes of at least 4 members (excludes halogenated alkanes) is 13. The molecule has 6 unspecified atom stereocenters. The molecule has 0 aliphatic carbocycles. The molecule has 0 aromatic carbocycles. The second-order valence-electron chi connectivity index (χ2n) is 10.9. The van der Waals surface area contributed by atoms with Crippen LogP contribution in [0.5, 0.6) is 0 Å². The predicted molar refractivity (Wildman–Crippen MR) is 150 cm³/mol. The van der Waals surface area contributed by atoms with E-state index in [1.165, 1.54) is 64.2 Å². The molecule has 1 rings (SSSR count). The highest BCUT2D eigenvalue weighted by Crippen LogP contribution is 2.22. The quantitative estimate of drug-likeness (QED) is 0.0982. The Hall–Kier alpha value is -1.30. The van der Waals surface area contributed by atoms with Crippen molar-refractivity contribution in [1.29, 1.82) is 0 Å². The Morgan fingerprint density at radius 3 is 1.75 bits per heavy atom. The fourth-order valence-electron chi connectivity index (χ4n) is 4.69. The molecule has 0 radical (unpaired) electrons. The lowest BCUT2D eigenvalue weighted by atomic mass is 9.99. The van der Waals surface area contributed by atoms with Crippen molar-refractivity contribution in [3.63, 3.8) is 0 Å². The average Bonchev–Trinajstić information content (AvgIpc) is 2.94. The van der Waals surface area contributed by atoms with Gasteiger partial charge in [0.1, 0.15) is 31.0 Å². The highest BCUT2D eigenvalue weighted by Gasteiger charge is 2.44. The lowest BCUT2D eigenvalue weighted by Crippen LogP contribution is -2.59. The van der Waals surface area contributed by atoms with Crippen LogP contribution in [-0.2, 0) is 28.5 Å². The molecule has 10 nitrogen and oxygen atoms in total. The van der Waals surface area contributed by atoms with Crippen LogP contribution in [0.25, 0.3) is 0 Å². The highest BCUT2D eigenvalue weighted by atomic mass is 16.7. The number of aliphatic hydroxyl groups excluding tert-OH is 4. The molecule has 1 heterocycles. The Morgan fingerprint density at radius 2 is 1.23 bits per heavy atom. The van der Waals surface area contributed by atoms with Crippen LogP contribution in [0.1, 0.15) is 123 Å². The van der Waals surface area contributed by atoms with Crippen molar-refractivity contribution >= 4 is 11.9 Å². The maximum absolute atomic E-state index is 12.4. The third-order valence-electron chi connectivity index (χ3n) is 7.21. The first-order valence-corrected chi connectivity index (χ1v) is 15.6. The Labute approximate surface area is 240 Å². The van der Waals surface area contributed by atoms with Gasteiger partial charge in [-0.2, -0.15) is 0 Å². The van der Waals surface area contributed by atoms with Crippen molar-refractivity contribution in [2.45, 2.75) is 160 Å². The van der Waals surface area contributed by atoms with Gasteiger partial charge >= 0.3 is 11.9 Å². The standard InChI is InChI=1S/C30H56O10/c1-3-5-6-7-8-9-10-11-12-13-14-15-16-17-19-26(33)39-23(21-37-25(32)18-4-2)22-38-30-29(36)28(35)27(34)24(20-31)40-30/h23-24,27-31,34-36H,3-22H2,1-2H3. The summed E-state index contributed by atoms with van der Waals surface area (Å²) < 4.78 is 21.5. The Morgan fingerprint density at radius 1 is 0.675 bits per heavy atom. The molecule has 236 valence electrons. The molecule has 1 saturated heterocycles. The van der Waals surface area contributed by atoms with Crippen LogP contribution in [0.4, 0.5) is 0 Å². The summed E-state index contributed by atoms with van der Waals surface area (Å²) >= 11 is 0. The lowest BCUT2D eigenvalue weighted by molar-refractivity contribution is -0.305. The number of aliphatic hydroxyl groups is 4. The largest absolute Gasteiger partial charge is 0.462 e. The fraction of sp³-hybridized carbons (Fsp3) is 0.933. The van der Waals surface area contributed by atoms with Gasteiger partial charge in [-0.3, -0.25) is 9.59 Å². The second-order valence-corrected chi connectivity index (χ2v) is 10.9. The Kier molecular flexibility index (Phi) is 21.4. The lowest BCUT2D eigenvalue weighted by Gasteiger charge is -2.39. The van der Waals surface area contributed by atoms with Gasteiger partial charge in [0.15, 0.2) is 12.4 Å². The first-order valence-electron chi connectivity index (χ1n) is 15.6. The van der Waals surface area contributed by atoms with E-state index in [-0.39, 0.29) is 26.1 Å². The molecule has 0 bridgehead atoms. The van der Waals surface area contributed by atoms with Crippen molar-refractivity contribution < 1.29 is 49.0 Å². The Bertz CT molecular complexity index is 644. The summed E-state index contributed by atoms with van der Waals surface area (Å²) in [6.07, 6.45) is 10.1. The molecule has 0 aromatic heterocycles. The molecule has 1 aliphatic heterocycles. The smallest absolute Gasteiger partial charge is 0.306 e. The normalized spacial score (nSPS) is 23.6. The number of rotatable bonds is 24. The van der Waals surface area contributed by atoms with Crippen molar-refractivity contribution in [1.82, 2.24) is 0 Å². The van der Waals surface area contributed by atoms with Crippen molar-refractivity contribution in [3.05, 3.63) is 0 Å². The van der Waals surface area contributed by atoms with E-state index in [1.807, 2.05) is 6.92 Å². The molecular formula is C30H56O10. The predicted octanol–water partition coefficient (Wildman–Crippen LogP) is 3.93. The summed E-state index contributed by atoms with van der Waals surface area (Å²) in [5.74, 6) is -0.865. The van der Waals surface area contributed by atoms with Gasteiger partial charge in [0.25, 0.3) is 0 Å². The molecule has 0 aromatic rings. The van der Waals surface area contributed by atoms with E-state index in [9.17, 15) is 30.0 Å². The minimum Gasteiger partial charge on any atom is -0.462 e. The van der Waals surface area contributed by atoms with E-state index in [2.05, 4.69) is 6.92 Å². The number of carbonyl (C=O) groups is 2. The van der Waals surface area contributed by atoms with Gasteiger partial charge in [-0.25, -0.2) is 0 Å². The number of carbonyl (C=O) groups excluding carboxylic acids is 2. The summed E-state index contributed by atoms with van der Waals surface area (Å²) in [5, 5.41) is 39.4. The first kappa shape index (κ1) is 36.7. The molecule has 10 heteroatoms. The van der Waals surface area contributed by atoms with Crippen LogP contribution >= 0.6 is 0 Å². The third-order valence-corrected chi connectivity index (χ3v) is 7.21. The molecule has 6 atom stereocenters. The van der Waals surface area contributed by atoms with Crippen LogP contribution in [0.15, 0.2) is 0 Å². The summed E-state index contributed by atoms with van der Waals surface area (Å²) in [7, 11) is 0. The zero-order valence-corrected chi connectivity index (χ0v) is 24.8. The zero-order valence-electron chi connectivity index (χ0n) is 24.8. The minimum absolute atomic E-state index is 0.221. The average molecular weight is 577 g/mol. The topological polar surface area (TPSA) is 152 Å².